The number of rotatable bonds is 7. The van der Waals surface area contributed by atoms with E-state index in [2.05, 4.69) is 38.2 Å². The second-order valence-corrected chi connectivity index (χ2v) is 6.32. The van der Waals surface area contributed by atoms with Crippen LogP contribution in [0.2, 0.25) is 5.02 Å². The molecule has 3 nitrogen and oxygen atoms in total. The molecule has 0 aromatic heterocycles. The van der Waals surface area contributed by atoms with Crippen LogP contribution in [0.15, 0.2) is 36.4 Å². The maximum absolute atomic E-state index is 6.37. The fourth-order valence-electron chi connectivity index (χ4n) is 2.26. The number of hydrogen-bond donors (Lipinski definition) is 1. The molecule has 0 aliphatic carbocycles. The monoisotopic (exact) mass is 333 g/mol. The second-order valence-electron chi connectivity index (χ2n) is 5.91. The van der Waals surface area contributed by atoms with Crippen LogP contribution in [-0.4, -0.2) is 13.2 Å². The molecule has 0 aliphatic heterocycles. The van der Waals surface area contributed by atoms with Crippen LogP contribution >= 0.6 is 11.6 Å². The third-order valence-corrected chi connectivity index (χ3v) is 3.86. The Hall–Kier alpha value is -1.71. The summed E-state index contributed by atoms with van der Waals surface area (Å²) in [7, 11) is 1.64. The van der Waals surface area contributed by atoms with Crippen molar-refractivity contribution in [2.45, 2.75) is 40.0 Å². The van der Waals surface area contributed by atoms with Crippen molar-refractivity contribution in [2.75, 3.05) is 7.11 Å². The van der Waals surface area contributed by atoms with Crippen molar-refractivity contribution in [3.63, 3.8) is 0 Å². The van der Waals surface area contributed by atoms with Crippen LogP contribution in [-0.2, 0) is 13.2 Å². The predicted molar refractivity (Wildman–Crippen MR) is 95.5 cm³/mol. The van der Waals surface area contributed by atoms with Gasteiger partial charge in [-0.15, -0.1) is 0 Å². The molecule has 0 aliphatic rings. The second kappa shape index (κ2) is 8.23. The first-order valence-electron chi connectivity index (χ1n) is 7.77. The van der Waals surface area contributed by atoms with E-state index in [-0.39, 0.29) is 0 Å². The molecule has 0 spiro atoms. The first-order valence-corrected chi connectivity index (χ1v) is 8.15. The van der Waals surface area contributed by atoms with Gasteiger partial charge in [0.2, 0.25) is 0 Å². The zero-order chi connectivity index (χ0) is 16.8. The lowest BCUT2D eigenvalue weighted by Crippen LogP contribution is -2.22. The standard InChI is InChI=1S/C19H24ClNO2/c1-13(2)21-11-16-9-18(22-4)19(10-17(16)20)23-12-15-7-5-6-14(3)8-15/h5-10,13,21H,11-12H2,1-4H3. The SMILES string of the molecule is COc1cc(CNC(C)C)c(Cl)cc1OCc1cccc(C)c1. The van der Waals surface area contributed by atoms with Crippen LogP contribution in [0.1, 0.15) is 30.5 Å². The van der Waals surface area contributed by atoms with Gasteiger partial charge < -0.3 is 14.8 Å². The van der Waals surface area contributed by atoms with Gasteiger partial charge in [-0.05, 0) is 24.1 Å². The number of benzene rings is 2. The molecule has 1 N–H and O–H groups in total. The Morgan fingerprint density at radius 3 is 2.57 bits per heavy atom. The van der Waals surface area contributed by atoms with E-state index < -0.39 is 0 Å². The Morgan fingerprint density at radius 2 is 1.91 bits per heavy atom. The van der Waals surface area contributed by atoms with E-state index in [4.69, 9.17) is 21.1 Å². The number of aryl methyl sites for hydroxylation is 1. The molecular formula is C19H24ClNO2. The van der Waals surface area contributed by atoms with Crippen molar-refractivity contribution in [3.05, 3.63) is 58.1 Å². The maximum atomic E-state index is 6.37. The van der Waals surface area contributed by atoms with E-state index in [1.165, 1.54) is 5.56 Å². The van der Waals surface area contributed by atoms with Crippen molar-refractivity contribution in [2.24, 2.45) is 0 Å². The number of hydrogen-bond acceptors (Lipinski definition) is 3. The zero-order valence-electron chi connectivity index (χ0n) is 14.2. The molecule has 0 saturated carbocycles. The fourth-order valence-corrected chi connectivity index (χ4v) is 2.48. The van der Waals surface area contributed by atoms with Gasteiger partial charge in [-0.2, -0.15) is 0 Å². The van der Waals surface area contributed by atoms with Gasteiger partial charge in [0.05, 0.1) is 7.11 Å². The number of methoxy groups -OCH3 is 1. The molecule has 4 heteroatoms. The maximum Gasteiger partial charge on any atom is 0.163 e. The molecule has 0 unspecified atom stereocenters. The minimum absolute atomic E-state index is 0.398. The van der Waals surface area contributed by atoms with Crippen molar-refractivity contribution in [1.82, 2.24) is 5.32 Å². The Bertz CT molecular complexity index is 656. The third-order valence-electron chi connectivity index (χ3n) is 3.51. The van der Waals surface area contributed by atoms with Gasteiger partial charge in [-0.3, -0.25) is 0 Å². The lowest BCUT2D eigenvalue weighted by molar-refractivity contribution is 0.284. The topological polar surface area (TPSA) is 30.5 Å². The van der Waals surface area contributed by atoms with E-state index in [9.17, 15) is 0 Å². The highest BCUT2D eigenvalue weighted by Crippen LogP contribution is 2.34. The molecule has 124 valence electrons. The smallest absolute Gasteiger partial charge is 0.163 e. The molecule has 0 fully saturated rings. The van der Waals surface area contributed by atoms with Crippen molar-refractivity contribution in [3.8, 4) is 11.5 Å². The molecular weight excluding hydrogens is 310 g/mol. The van der Waals surface area contributed by atoms with Gasteiger partial charge in [-0.1, -0.05) is 55.3 Å². The van der Waals surface area contributed by atoms with Crippen molar-refractivity contribution >= 4 is 11.6 Å². The average molecular weight is 334 g/mol. The lowest BCUT2D eigenvalue weighted by atomic mass is 10.1. The van der Waals surface area contributed by atoms with Crippen LogP contribution in [0.25, 0.3) is 0 Å². The number of halogens is 1. The molecule has 23 heavy (non-hydrogen) atoms. The minimum Gasteiger partial charge on any atom is -0.493 e. The zero-order valence-corrected chi connectivity index (χ0v) is 14.9. The molecule has 0 heterocycles. The largest absolute Gasteiger partial charge is 0.493 e. The average Bonchev–Trinajstić information content (AvgIpc) is 2.51. The number of ether oxygens (including phenoxy) is 2. The molecule has 0 atom stereocenters. The third kappa shape index (κ3) is 5.15. The van der Waals surface area contributed by atoms with Gasteiger partial charge in [0, 0.05) is 23.7 Å². The summed E-state index contributed by atoms with van der Waals surface area (Å²) >= 11 is 6.37. The van der Waals surface area contributed by atoms with E-state index in [0.29, 0.717) is 35.7 Å². The van der Waals surface area contributed by atoms with Crippen LogP contribution in [0.3, 0.4) is 0 Å². The van der Waals surface area contributed by atoms with E-state index in [1.807, 2.05) is 24.3 Å². The van der Waals surface area contributed by atoms with E-state index in [1.54, 1.807) is 7.11 Å². The summed E-state index contributed by atoms with van der Waals surface area (Å²) in [4.78, 5) is 0. The van der Waals surface area contributed by atoms with Gasteiger partial charge >= 0.3 is 0 Å². The molecule has 0 amide bonds. The van der Waals surface area contributed by atoms with Crippen LogP contribution in [0.5, 0.6) is 11.5 Å². The van der Waals surface area contributed by atoms with Crippen LogP contribution < -0.4 is 14.8 Å². The molecule has 2 aromatic carbocycles. The predicted octanol–water partition coefficient (Wildman–Crippen LogP) is 4.73. The summed E-state index contributed by atoms with van der Waals surface area (Å²) < 4.78 is 11.3. The quantitative estimate of drug-likeness (QED) is 0.794. The Balaban J connectivity index is 2.13. The summed E-state index contributed by atoms with van der Waals surface area (Å²) in [6, 6.07) is 12.4. The first-order chi connectivity index (χ1) is 11.0. The summed E-state index contributed by atoms with van der Waals surface area (Å²) in [5, 5.41) is 4.04. The lowest BCUT2D eigenvalue weighted by Gasteiger charge is -2.15. The van der Waals surface area contributed by atoms with Crippen LogP contribution in [0.4, 0.5) is 0 Å². The van der Waals surface area contributed by atoms with Gasteiger partial charge in [0.15, 0.2) is 11.5 Å². The van der Waals surface area contributed by atoms with E-state index in [0.717, 1.165) is 11.1 Å². The molecule has 0 saturated heterocycles. The molecule has 2 aromatic rings. The van der Waals surface area contributed by atoms with Crippen molar-refractivity contribution in [1.29, 1.82) is 0 Å². The summed E-state index contributed by atoms with van der Waals surface area (Å²) in [5.41, 5.74) is 3.33. The van der Waals surface area contributed by atoms with E-state index >= 15 is 0 Å². The Labute approximate surface area is 143 Å². The van der Waals surface area contributed by atoms with Crippen LogP contribution in [0, 0.1) is 6.92 Å². The minimum atomic E-state index is 0.398. The fraction of sp³-hybridized carbons (Fsp3) is 0.368. The molecule has 0 bridgehead atoms. The summed E-state index contributed by atoms with van der Waals surface area (Å²) in [6.07, 6.45) is 0. The summed E-state index contributed by atoms with van der Waals surface area (Å²) in [5.74, 6) is 1.36. The van der Waals surface area contributed by atoms with Crippen molar-refractivity contribution < 1.29 is 9.47 Å². The molecule has 0 radical (unpaired) electrons. The van der Waals surface area contributed by atoms with Gasteiger partial charge in [0.1, 0.15) is 6.61 Å². The highest BCUT2D eigenvalue weighted by atomic mass is 35.5. The highest BCUT2D eigenvalue weighted by molar-refractivity contribution is 6.31. The Kier molecular flexibility index (Phi) is 6.31. The molecule has 2 rings (SSSR count). The summed E-state index contributed by atoms with van der Waals surface area (Å²) in [6.45, 7) is 7.45. The Morgan fingerprint density at radius 1 is 1.13 bits per heavy atom. The van der Waals surface area contributed by atoms with Gasteiger partial charge in [-0.25, -0.2) is 0 Å². The highest BCUT2D eigenvalue weighted by Gasteiger charge is 2.11. The number of nitrogens with one attached hydrogen (secondary N) is 1. The first kappa shape index (κ1) is 17.6. The normalized spacial score (nSPS) is 10.9. The van der Waals surface area contributed by atoms with Gasteiger partial charge in [0.25, 0.3) is 0 Å².